The first-order chi connectivity index (χ1) is 8.56. The quantitative estimate of drug-likeness (QED) is 0.797. The van der Waals surface area contributed by atoms with Crippen LogP contribution in [-0.4, -0.2) is 34.2 Å². The van der Waals surface area contributed by atoms with Crippen molar-refractivity contribution in [2.75, 3.05) is 0 Å². The Balaban J connectivity index is 1.80. The Morgan fingerprint density at radius 2 is 2.22 bits per heavy atom. The third-order valence-electron chi connectivity index (χ3n) is 2.67. The topological polar surface area (TPSA) is 102 Å². The summed E-state index contributed by atoms with van der Waals surface area (Å²) in [6.07, 6.45) is 0.736. The van der Waals surface area contributed by atoms with Gasteiger partial charge in [-0.05, 0) is 19.8 Å². The average molecular weight is 254 g/mol. The SMILES string of the molecule is Cc1cnc(CNC(=O)[C@@H]2CC[C@H](C(=O)O)O2)o1. The van der Waals surface area contributed by atoms with Crippen LogP contribution in [0.1, 0.15) is 24.5 Å². The highest BCUT2D eigenvalue weighted by Crippen LogP contribution is 2.20. The fourth-order valence-electron chi connectivity index (χ4n) is 1.77. The molecule has 7 nitrogen and oxygen atoms in total. The van der Waals surface area contributed by atoms with Gasteiger partial charge in [0.15, 0.2) is 6.10 Å². The minimum atomic E-state index is -1.03. The summed E-state index contributed by atoms with van der Waals surface area (Å²) in [5.74, 6) is -0.292. The maximum absolute atomic E-state index is 11.7. The van der Waals surface area contributed by atoms with Gasteiger partial charge in [-0.1, -0.05) is 0 Å². The highest BCUT2D eigenvalue weighted by Gasteiger charge is 2.34. The zero-order valence-electron chi connectivity index (χ0n) is 9.88. The van der Waals surface area contributed by atoms with E-state index in [0.29, 0.717) is 24.5 Å². The second-order valence-corrected chi connectivity index (χ2v) is 4.11. The molecule has 2 rings (SSSR count). The molecule has 1 aliphatic rings. The Morgan fingerprint density at radius 3 is 2.78 bits per heavy atom. The molecule has 7 heteroatoms. The lowest BCUT2D eigenvalue weighted by molar-refractivity contribution is -0.151. The molecule has 2 heterocycles. The number of ether oxygens (including phenoxy) is 1. The van der Waals surface area contributed by atoms with Crippen LogP contribution in [0.2, 0.25) is 0 Å². The molecule has 1 aromatic rings. The van der Waals surface area contributed by atoms with Crippen molar-refractivity contribution in [2.24, 2.45) is 0 Å². The normalized spacial score (nSPS) is 22.9. The molecule has 2 N–H and O–H groups in total. The molecule has 0 radical (unpaired) electrons. The summed E-state index contributed by atoms with van der Waals surface area (Å²) < 4.78 is 10.3. The number of nitrogens with one attached hydrogen (secondary N) is 1. The van der Waals surface area contributed by atoms with Gasteiger partial charge in [0.05, 0.1) is 12.7 Å². The molecule has 1 aromatic heterocycles. The molecule has 0 unspecified atom stereocenters. The first-order valence-electron chi connectivity index (χ1n) is 5.63. The van der Waals surface area contributed by atoms with Gasteiger partial charge in [-0.2, -0.15) is 0 Å². The van der Waals surface area contributed by atoms with Gasteiger partial charge >= 0.3 is 5.97 Å². The number of carbonyl (C=O) groups is 2. The number of carboxylic acids is 1. The van der Waals surface area contributed by atoms with Gasteiger partial charge in [0, 0.05) is 0 Å². The average Bonchev–Trinajstić information content (AvgIpc) is 2.94. The molecule has 0 saturated carbocycles. The Bertz CT molecular complexity index is 456. The van der Waals surface area contributed by atoms with Crippen LogP contribution in [0.4, 0.5) is 0 Å². The third-order valence-corrected chi connectivity index (χ3v) is 2.67. The number of amides is 1. The minimum Gasteiger partial charge on any atom is -0.479 e. The van der Waals surface area contributed by atoms with Crippen molar-refractivity contribution in [2.45, 2.75) is 38.5 Å². The van der Waals surface area contributed by atoms with Crippen LogP contribution < -0.4 is 5.32 Å². The molecule has 0 aliphatic carbocycles. The minimum absolute atomic E-state index is 0.171. The number of carboxylic acid groups (broad SMARTS) is 1. The maximum Gasteiger partial charge on any atom is 0.332 e. The van der Waals surface area contributed by atoms with E-state index in [2.05, 4.69) is 10.3 Å². The van der Waals surface area contributed by atoms with Crippen LogP contribution in [0, 0.1) is 6.92 Å². The van der Waals surface area contributed by atoms with Crippen molar-refractivity contribution >= 4 is 11.9 Å². The predicted octanol–water partition coefficient (Wildman–Crippen LogP) is 0.231. The lowest BCUT2D eigenvalue weighted by Gasteiger charge is -2.10. The molecule has 2 atom stereocenters. The van der Waals surface area contributed by atoms with E-state index in [1.807, 2.05) is 0 Å². The second-order valence-electron chi connectivity index (χ2n) is 4.11. The smallest absolute Gasteiger partial charge is 0.332 e. The van der Waals surface area contributed by atoms with Crippen molar-refractivity contribution in [3.63, 3.8) is 0 Å². The van der Waals surface area contributed by atoms with E-state index in [1.54, 1.807) is 13.1 Å². The van der Waals surface area contributed by atoms with E-state index < -0.39 is 18.2 Å². The third kappa shape index (κ3) is 2.86. The lowest BCUT2D eigenvalue weighted by atomic mass is 10.2. The number of aryl methyl sites for hydroxylation is 1. The van der Waals surface area contributed by atoms with Crippen LogP contribution in [0.3, 0.4) is 0 Å². The van der Waals surface area contributed by atoms with E-state index in [9.17, 15) is 9.59 Å². The number of nitrogens with zero attached hydrogens (tertiary/aromatic N) is 1. The highest BCUT2D eigenvalue weighted by molar-refractivity contribution is 5.82. The first-order valence-corrected chi connectivity index (χ1v) is 5.63. The van der Waals surface area contributed by atoms with Crippen molar-refractivity contribution in [3.05, 3.63) is 17.8 Å². The van der Waals surface area contributed by atoms with Crippen LogP contribution in [0.25, 0.3) is 0 Å². The number of hydrogen-bond donors (Lipinski definition) is 2. The van der Waals surface area contributed by atoms with Gasteiger partial charge in [0.2, 0.25) is 11.8 Å². The number of aromatic nitrogens is 1. The summed E-state index contributed by atoms with van der Waals surface area (Å²) in [7, 11) is 0. The largest absolute Gasteiger partial charge is 0.479 e. The zero-order valence-corrected chi connectivity index (χ0v) is 9.88. The monoisotopic (exact) mass is 254 g/mol. The predicted molar refractivity (Wildman–Crippen MR) is 58.6 cm³/mol. The molecule has 1 aliphatic heterocycles. The van der Waals surface area contributed by atoms with E-state index >= 15 is 0 Å². The van der Waals surface area contributed by atoms with Gasteiger partial charge in [0.1, 0.15) is 11.9 Å². The summed E-state index contributed by atoms with van der Waals surface area (Å²) in [5, 5.41) is 11.3. The molecular weight excluding hydrogens is 240 g/mol. The number of carbonyl (C=O) groups excluding carboxylic acids is 1. The fourth-order valence-corrected chi connectivity index (χ4v) is 1.77. The molecule has 98 valence electrons. The van der Waals surface area contributed by atoms with Gasteiger partial charge in [-0.3, -0.25) is 4.79 Å². The Kier molecular flexibility index (Phi) is 3.61. The summed E-state index contributed by atoms with van der Waals surface area (Å²) >= 11 is 0. The summed E-state index contributed by atoms with van der Waals surface area (Å²) in [6, 6.07) is 0. The van der Waals surface area contributed by atoms with Gasteiger partial charge < -0.3 is 19.6 Å². The number of oxazole rings is 1. The molecule has 0 bridgehead atoms. The van der Waals surface area contributed by atoms with Crippen LogP contribution in [0.15, 0.2) is 10.6 Å². The van der Waals surface area contributed by atoms with Crippen LogP contribution in [0.5, 0.6) is 0 Å². The molecule has 1 amide bonds. The van der Waals surface area contributed by atoms with Gasteiger partial charge in [0.25, 0.3) is 0 Å². The van der Waals surface area contributed by atoms with Crippen molar-refractivity contribution in [3.8, 4) is 0 Å². The van der Waals surface area contributed by atoms with E-state index in [-0.39, 0.29) is 12.5 Å². The fraction of sp³-hybridized carbons (Fsp3) is 0.545. The van der Waals surface area contributed by atoms with E-state index in [0.717, 1.165) is 0 Å². The van der Waals surface area contributed by atoms with Crippen molar-refractivity contribution in [1.82, 2.24) is 10.3 Å². The number of hydrogen-bond acceptors (Lipinski definition) is 5. The lowest BCUT2D eigenvalue weighted by Crippen LogP contribution is -2.35. The Morgan fingerprint density at radius 1 is 1.50 bits per heavy atom. The van der Waals surface area contributed by atoms with Crippen LogP contribution in [-0.2, 0) is 20.9 Å². The molecule has 18 heavy (non-hydrogen) atoms. The second kappa shape index (κ2) is 5.18. The molecule has 1 fully saturated rings. The molecular formula is C11H14N2O5. The standard InChI is InChI=1S/C11H14N2O5/c1-6-4-12-9(17-6)5-13-10(14)7-2-3-8(18-7)11(15)16/h4,7-8H,2-3,5H2,1H3,(H,13,14)(H,15,16)/t7-,8+/m0/s1. The summed E-state index contributed by atoms with van der Waals surface area (Å²) in [6.45, 7) is 1.93. The number of rotatable bonds is 4. The van der Waals surface area contributed by atoms with Gasteiger partial charge in [-0.25, -0.2) is 9.78 Å². The maximum atomic E-state index is 11.7. The first kappa shape index (κ1) is 12.6. The molecule has 0 spiro atoms. The zero-order chi connectivity index (χ0) is 13.1. The van der Waals surface area contributed by atoms with Crippen molar-refractivity contribution in [1.29, 1.82) is 0 Å². The van der Waals surface area contributed by atoms with E-state index in [4.69, 9.17) is 14.3 Å². The van der Waals surface area contributed by atoms with Crippen molar-refractivity contribution < 1.29 is 23.8 Å². The number of aliphatic carboxylic acids is 1. The molecule has 0 aromatic carbocycles. The molecule has 1 saturated heterocycles. The van der Waals surface area contributed by atoms with Gasteiger partial charge in [-0.15, -0.1) is 0 Å². The summed E-state index contributed by atoms with van der Waals surface area (Å²) in [5.41, 5.74) is 0. The Labute approximate surface area is 103 Å². The Hall–Kier alpha value is -1.89. The highest BCUT2D eigenvalue weighted by atomic mass is 16.5. The van der Waals surface area contributed by atoms with E-state index in [1.165, 1.54) is 0 Å². The summed E-state index contributed by atoms with van der Waals surface area (Å²) in [4.78, 5) is 26.3. The van der Waals surface area contributed by atoms with Crippen LogP contribution >= 0.6 is 0 Å².